The van der Waals surface area contributed by atoms with Gasteiger partial charge in [0.2, 0.25) is 0 Å². The van der Waals surface area contributed by atoms with Crippen LogP contribution in [0.4, 0.5) is 0 Å². The number of nitrogens with zero attached hydrogens (tertiary/aromatic N) is 2. The van der Waals surface area contributed by atoms with Crippen molar-refractivity contribution in [1.29, 1.82) is 0 Å². The number of rotatable bonds is 4. The Balaban J connectivity index is 1.67. The van der Waals surface area contributed by atoms with Crippen LogP contribution >= 0.6 is 0 Å². The van der Waals surface area contributed by atoms with Crippen molar-refractivity contribution in [3.63, 3.8) is 0 Å². The molecule has 2 nitrogen and oxygen atoms in total. The number of benzene rings is 6. The summed E-state index contributed by atoms with van der Waals surface area (Å²) in [5.74, 6) is 0. The zero-order chi connectivity index (χ0) is 30.5. The smallest absolute Gasteiger partial charge is 0.331 e. The highest BCUT2D eigenvalue weighted by molar-refractivity contribution is 6.29. The Morgan fingerprint density at radius 2 is 0.977 bits per heavy atom. The summed E-state index contributed by atoms with van der Waals surface area (Å²) >= 11 is 0. The minimum Gasteiger partial charge on any atom is -0.361 e. The van der Waals surface area contributed by atoms with E-state index in [-0.39, 0.29) is 5.41 Å². The first-order valence-electron chi connectivity index (χ1n) is 15.0. The van der Waals surface area contributed by atoms with Crippen LogP contribution < -0.4 is 0 Å². The van der Waals surface area contributed by atoms with Crippen LogP contribution in [0.15, 0.2) is 103 Å². The molecule has 0 N–H and O–H groups in total. The molecule has 0 aliphatic rings. The SMILES string of the molecule is Cc1cc(-c2ccccc2)cc(C)c1C(=[N+]=[N-])c1c2ccccc2c(-c2c(C)cc(C(C)(C)C)cc2C)c2ccccc12. The standard InChI is InChI=1S/C41H38N2/c1-25-21-30(29-15-9-8-10-16-29)22-26(2)37(25)40(43-42)39-34-19-13-11-17-32(34)38(33-18-12-14-20-35(33)39)36-27(3)23-31(24-28(36)4)41(5,6)7/h8-24H,1-7H3. The summed E-state index contributed by atoms with van der Waals surface area (Å²) in [6, 6.07) is 36.7. The fourth-order valence-corrected chi connectivity index (χ4v) is 6.80. The molecule has 0 saturated carbocycles. The summed E-state index contributed by atoms with van der Waals surface area (Å²) in [5.41, 5.74) is 24.2. The van der Waals surface area contributed by atoms with Crippen LogP contribution in [-0.4, -0.2) is 10.5 Å². The number of hydrogen-bond donors (Lipinski definition) is 0. The quantitative estimate of drug-likeness (QED) is 0.0893. The molecule has 6 rings (SSSR count). The lowest BCUT2D eigenvalue weighted by Gasteiger charge is -2.24. The predicted octanol–water partition coefficient (Wildman–Crippen LogP) is 10.9. The molecule has 0 aromatic heterocycles. The Kier molecular flexibility index (Phi) is 7.12. The fraction of sp³-hybridized carbons (Fsp3) is 0.195. The number of hydrogen-bond acceptors (Lipinski definition) is 0. The first-order valence-corrected chi connectivity index (χ1v) is 15.0. The van der Waals surface area contributed by atoms with E-state index in [9.17, 15) is 5.53 Å². The molecule has 0 aliphatic heterocycles. The van der Waals surface area contributed by atoms with Crippen LogP contribution in [0.3, 0.4) is 0 Å². The summed E-state index contributed by atoms with van der Waals surface area (Å²) in [5, 5.41) is 4.47. The molecule has 0 aliphatic carbocycles. The third-order valence-corrected chi connectivity index (χ3v) is 8.79. The molecule has 6 aromatic rings. The summed E-state index contributed by atoms with van der Waals surface area (Å²) in [4.78, 5) is 4.05. The molecule has 212 valence electrons. The van der Waals surface area contributed by atoms with Gasteiger partial charge in [-0.25, -0.2) is 0 Å². The summed E-state index contributed by atoms with van der Waals surface area (Å²) in [6.07, 6.45) is 0. The molecular weight excluding hydrogens is 520 g/mol. The van der Waals surface area contributed by atoms with E-state index in [2.05, 4.69) is 150 Å². The Morgan fingerprint density at radius 1 is 0.512 bits per heavy atom. The molecule has 0 atom stereocenters. The van der Waals surface area contributed by atoms with Crippen molar-refractivity contribution in [2.45, 2.75) is 53.9 Å². The highest BCUT2D eigenvalue weighted by Crippen LogP contribution is 2.44. The number of fused-ring (bicyclic) bond motifs is 2. The molecule has 0 heterocycles. The van der Waals surface area contributed by atoms with E-state index in [0.29, 0.717) is 5.71 Å². The van der Waals surface area contributed by atoms with Gasteiger partial charge in [-0.1, -0.05) is 124 Å². The Hall–Kier alpha value is -4.78. The van der Waals surface area contributed by atoms with Gasteiger partial charge in [-0.2, -0.15) is 4.79 Å². The van der Waals surface area contributed by atoms with E-state index >= 15 is 0 Å². The minimum absolute atomic E-state index is 0.0698. The van der Waals surface area contributed by atoms with Crippen molar-refractivity contribution in [3.8, 4) is 22.3 Å². The van der Waals surface area contributed by atoms with Gasteiger partial charge in [0.05, 0.1) is 11.1 Å². The van der Waals surface area contributed by atoms with Gasteiger partial charge in [0, 0.05) is 0 Å². The minimum atomic E-state index is 0.0698. The first-order chi connectivity index (χ1) is 20.6. The van der Waals surface area contributed by atoms with E-state index in [1.807, 2.05) is 6.07 Å². The van der Waals surface area contributed by atoms with Crippen molar-refractivity contribution in [3.05, 3.63) is 148 Å². The molecule has 6 aromatic carbocycles. The van der Waals surface area contributed by atoms with Crippen LogP contribution in [0, 0.1) is 27.7 Å². The maximum atomic E-state index is 10.8. The summed E-state index contributed by atoms with van der Waals surface area (Å²) in [6.45, 7) is 15.5. The third kappa shape index (κ3) is 4.88. The molecule has 0 radical (unpaired) electrons. The van der Waals surface area contributed by atoms with E-state index in [1.54, 1.807) is 0 Å². The lowest BCUT2D eigenvalue weighted by atomic mass is 9.79. The first kappa shape index (κ1) is 28.3. The van der Waals surface area contributed by atoms with Crippen LogP contribution in [0.1, 0.15) is 59.7 Å². The number of aryl methyl sites for hydroxylation is 4. The van der Waals surface area contributed by atoms with Crippen molar-refractivity contribution < 1.29 is 4.79 Å². The normalized spacial score (nSPS) is 11.6. The molecule has 0 spiro atoms. The molecule has 0 fully saturated rings. The van der Waals surface area contributed by atoms with Crippen LogP contribution in [0.2, 0.25) is 0 Å². The Bertz CT molecular complexity index is 1980. The summed E-state index contributed by atoms with van der Waals surface area (Å²) in [7, 11) is 0. The molecule has 2 heteroatoms. The average Bonchev–Trinajstić information content (AvgIpc) is 2.98. The van der Waals surface area contributed by atoms with Gasteiger partial charge in [0.25, 0.3) is 0 Å². The highest BCUT2D eigenvalue weighted by atomic mass is 14.9. The van der Waals surface area contributed by atoms with E-state index in [0.717, 1.165) is 49.4 Å². The van der Waals surface area contributed by atoms with Gasteiger partial charge < -0.3 is 5.53 Å². The topological polar surface area (TPSA) is 36.4 Å². The van der Waals surface area contributed by atoms with E-state index < -0.39 is 0 Å². The van der Waals surface area contributed by atoms with Gasteiger partial charge >= 0.3 is 5.71 Å². The maximum Gasteiger partial charge on any atom is 0.331 e. The van der Waals surface area contributed by atoms with Gasteiger partial charge in [0.1, 0.15) is 0 Å². The lowest BCUT2D eigenvalue weighted by Crippen LogP contribution is -2.13. The van der Waals surface area contributed by atoms with Crippen LogP contribution in [-0.2, 0) is 5.41 Å². The second kappa shape index (κ2) is 10.8. The summed E-state index contributed by atoms with van der Waals surface area (Å²) < 4.78 is 0. The van der Waals surface area contributed by atoms with Crippen LogP contribution in [0.5, 0.6) is 0 Å². The predicted molar refractivity (Wildman–Crippen MR) is 183 cm³/mol. The molecule has 0 saturated heterocycles. The monoisotopic (exact) mass is 558 g/mol. The second-order valence-corrected chi connectivity index (χ2v) is 12.9. The van der Waals surface area contributed by atoms with Crippen molar-refractivity contribution >= 4 is 27.3 Å². The molecule has 0 unspecified atom stereocenters. The largest absolute Gasteiger partial charge is 0.361 e. The van der Waals surface area contributed by atoms with Crippen molar-refractivity contribution in [1.82, 2.24) is 0 Å². The third-order valence-electron chi connectivity index (χ3n) is 8.79. The van der Waals surface area contributed by atoms with Crippen molar-refractivity contribution in [2.75, 3.05) is 0 Å². The van der Waals surface area contributed by atoms with E-state index in [4.69, 9.17) is 0 Å². The highest BCUT2D eigenvalue weighted by Gasteiger charge is 2.28. The van der Waals surface area contributed by atoms with Crippen molar-refractivity contribution in [2.24, 2.45) is 0 Å². The maximum absolute atomic E-state index is 10.8. The lowest BCUT2D eigenvalue weighted by molar-refractivity contribution is -0.00264. The Morgan fingerprint density at radius 3 is 1.44 bits per heavy atom. The zero-order valence-corrected chi connectivity index (χ0v) is 26.2. The van der Waals surface area contributed by atoms with Gasteiger partial charge in [-0.15, -0.1) is 0 Å². The van der Waals surface area contributed by atoms with Gasteiger partial charge in [0.15, 0.2) is 0 Å². The average molecular weight is 559 g/mol. The van der Waals surface area contributed by atoms with Gasteiger partial charge in [-0.3, -0.25) is 0 Å². The second-order valence-electron chi connectivity index (χ2n) is 12.9. The molecule has 0 amide bonds. The van der Waals surface area contributed by atoms with Crippen LogP contribution in [0.25, 0.3) is 49.3 Å². The van der Waals surface area contributed by atoms with Gasteiger partial charge in [-0.05, 0) is 105 Å². The molecule has 43 heavy (non-hydrogen) atoms. The van der Waals surface area contributed by atoms with E-state index in [1.165, 1.54) is 33.4 Å². The molecule has 0 bridgehead atoms. The Labute approximate surface area is 255 Å². The zero-order valence-electron chi connectivity index (χ0n) is 26.2. The fourth-order valence-electron chi connectivity index (χ4n) is 6.80. The molecular formula is C41H38N2.